The minimum atomic E-state index is -0.829. The summed E-state index contributed by atoms with van der Waals surface area (Å²) >= 11 is 23.7. The monoisotopic (exact) mass is 478 g/mol. The molecule has 0 spiro atoms. The Kier molecular flexibility index (Phi) is 8.40. The number of esters is 1. The Morgan fingerprint density at radius 1 is 1.00 bits per heavy atom. The van der Waals surface area contributed by atoms with Gasteiger partial charge in [0.05, 0.1) is 38.5 Å². The summed E-state index contributed by atoms with van der Waals surface area (Å²) < 4.78 is 9.88. The van der Waals surface area contributed by atoms with E-state index in [-0.39, 0.29) is 31.3 Å². The largest absolute Gasteiger partial charge is 0.496 e. The van der Waals surface area contributed by atoms with Crippen molar-refractivity contribution in [3.63, 3.8) is 0 Å². The van der Waals surface area contributed by atoms with Crippen molar-refractivity contribution in [2.24, 2.45) is 0 Å². The molecule has 0 fully saturated rings. The maximum Gasteiger partial charge on any atom is 0.325 e. The molecular formula is C18H14Cl4N2O5. The van der Waals surface area contributed by atoms with Crippen molar-refractivity contribution in [3.05, 3.63) is 56.0 Å². The van der Waals surface area contributed by atoms with Gasteiger partial charge in [0.1, 0.15) is 12.3 Å². The van der Waals surface area contributed by atoms with E-state index < -0.39 is 30.9 Å². The number of rotatable bonds is 7. The van der Waals surface area contributed by atoms with Gasteiger partial charge in [0.2, 0.25) is 0 Å². The van der Waals surface area contributed by atoms with Crippen molar-refractivity contribution in [1.82, 2.24) is 5.32 Å². The average molecular weight is 480 g/mol. The number of anilines is 1. The van der Waals surface area contributed by atoms with Gasteiger partial charge in [-0.25, -0.2) is 0 Å². The van der Waals surface area contributed by atoms with Crippen LogP contribution in [0.3, 0.4) is 0 Å². The van der Waals surface area contributed by atoms with E-state index in [0.29, 0.717) is 5.75 Å². The lowest BCUT2D eigenvalue weighted by Gasteiger charge is -2.12. The van der Waals surface area contributed by atoms with E-state index in [9.17, 15) is 14.4 Å². The van der Waals surface area contributed by atoms with Gasteiger partial charge in [-0.15, -0.1) is 0 Å². The molecule has 2 amide bonds. The Morgan fingerprint density at radius 2 is 1.62 bits per heavy atom. The molecule has 0 aliphatic carbocycles. The fourth-order valence-corrected chi connectivity index (χ4v) is 3.04. The molecule has 2 rings (SSSR count). The van der Waals surface area contributed by atoms with Crippen molar-refractivity contribution in [2.45, 2.75) is 0 Å². The maximum absolute atomic E-state index is 12.1. The minimum Gasteiger partial charge on any atom is -0.496 e. The lowest BCUT2D eigenvalue weighted by molar-refractivity contribution is -0.146. The number of hydrogen-bond acceptors (Lipinski definition) is 5. The molecule has 0 unspecified atom stereocenters. The number of amides is 2. The molecule has 0 aromatic heterocycles. The van der Waals surface area contributed by atoms with Gasteiger partial charge in [0.15, 0.2) is 6.61 Å². The number of halogens is 4. The third-order valence-electron chi connectivity index (χ3n) is 3.49. The smallest absolute Gasteiger partial charge is 0.325 e. The molecule has 2 aromatic rings. The van der Waals surface area contributed by atoms with Crippen LogP contribution in [0.5, 0.6) is 5.75 Å². The highest BCUT2D eigenvalue weighted by molar-refractivity contribution is 6.50. The molecule has 154 valence electrons. The molecule has 0 radical (unpaired) electrons. The summed E-state index contributed by atoms with van der Waals surface area (Å²) in [5, 5.41) is 4.91. The van der Waals surface area contributed by atoms with Crippen LogP contribution in [0.15, 0.2) is 30.3 Å². The van der Waals surface area contributed by atoms with E-state index in [4.69, 9.17) is 55.9 Å². The molecule has 0 heterocycles. The number of nitrogens with one attached hydrogen (secondary N) is 2. The molecule has 0 atom stereocenters. The van der Waals surface area contributed by atoms with E-state index in [1.54, 1.807) is 18.2 Å². The molecular weight excluding hydrogens is 466 g/mol. The molecule has 29 heavy (non-hydrogen) atoms. The molecule has 0 saturated carbocycles. The van der Waals surface area contributed by atoms with Crippen molar-refractivity contribution in [1.29, 1.82) is 0 Å². The van der Waals surface area contributed by atoms with Crippen LogP contribution in [0.2, 0.25) is 20.1 Å². The van der Waals surface area contributed by atoms with Gasteiger partial charge < -0.3 is 20.1 Å². The average Bonchev–Trinajstić information content (AvgIpc) is 2.72. The lowest BCUT2D eigenvalue weighted by Crippen LogP contribution is -2.32. The number of hydrogen-bond donors (Lipinski definition) is 2. The summed E-state index contributed by atoms with van der Waals surface area (Å²) in [6, 6.07) is 7.83. The Labute approximate surface area is 186 Å². The lowest BCUT2D eigenvalue weighted by atomic mass is 10.2. The number of para-hydroxylation sites is 1. The first-order valence-corrected chi connectivity index (χ1v) is 9.45. The molecule has 0 aliphatic rings. The van der Waals surface area contributed by atoms with E-state index in [1.165, 1.54) is 19.2 Å². The molecule has 2 N–H and O–H groups in total. The fourth-order valence-electron chi connectivity index (χ4n) is 2.14. The van der Waals surface area contributed by atoms with Crippen LogP contribution < -0.4 is 15.4 Å². The molecule has 7 nitrogen and oxygen atoms in total. The predicted molar refractivity (Wildman–Crippen MR) is 111 cm³/mol. The summed E-state index contributed by atoms with van der Waals surface area (Å²) in [6.07, 6.45) is 0. The Hall–Kier alpha value is -2.19. The Morgan fingerprint density at radius 3 is 2.24 bits per heavy atom. The van der Waals surface area contributed by atoms with Crippen LogP contribution in [0, 0.1) is 0 Å². The highest BCUT2D eigenvalue weighted by Gasteiger charge is 2.18. The zero-order chi connectivity index (χ0) is 21.6. The zero-order valence-electron chi connectivity index (χ0n) is 14.9. The first-order valence-electron chi connectivity index (χ1n) is 7.94. The SMILES string of the molecule is COc1ccccc1C(=O)NCC(=O)OCC(=O)Nc1c(Cl)c(Cl)cc(Cl)c1Cl. The quantitative estimate of drug-likeness (QED) is 0.458. The van der Waals surface area contributed by atoms with Gasteiger partial charge in [-0.1, -0.05) is 58.5 Å². The summed E-state index contributed by atoms with van der Waals surface area (Å²) in [6.45, 7) is -1.09. The number of benzene rings is 2. The topological polar surface area (TPSA) is 93.7 Å². The Bertz CT molecular complexity index is 926. The van der Waals surface area contributed by atoms with Crippen molar-refractivity contribution in [3.8, 4) is 5.75 Å². The van der Waals surface area contributed by atoms with Crippen LogP contribution >= 0.6 is 46.4 Å². The van der Waals surface area contributed by atoms with Crippen LogP contribution in [0.4, 0.5) is 5.69 Å². The van der Waals surface area contributed by atoms with E-state index in [2.05, 4.69) is 10.6 Å². The number of ether oxygens (including phenoxy) is 2. The molecule has 0 aliphatic heterocycles. The van der Waals surface area contributed by atoms with Crippen LogP contribution in [0.25, 0.3) is 0 Å². The fraction of sp³-hybridized carbons (Fsp3) is 0.167. The second kappa shape index (κ2) is 10.5. The number of carbonyl (C=O) groups is 3. The zero-order valence-corrected chi connectivity index (χ0v) is 17.9. The van der Waals surface area contributed by atoms with Crippen molar-refractivity contribution < 1.29 is 23.9 Å². The summed E-state index contributed by atoms with van der Waals surface area (Å²) in [5.74, 6) is -1.73. The van der Waals surface area contributed by atoms with Gasteiger partial charge in [0.25, 0.3) is 11.8 Å². The molecule has 0 saturated heterocycles. The van der Waals surface area contributed by atoms with Crippen LogP contribution in [0.1, 0.15) is 10.4 Å². The van der Waals surface area contributed by atoms with Gasteiger partial charge in [0, 0.05) is 0 Å². The summed E-state index contributed by atoms with van der Waals surface area (Å²) in [4.78, 5) is 35.9. The first kappa shape index (κ1) is 23.1. The van der Waals surface area contributed by atoms with Crippen LogP contribution in [-0.2, 0) is 14.3 Å². The van der Waals surface area contributed by atoms with E-state index >= 15 is 0 Å². The third-order valence-corrected chi connectivity index (χ3v) is 5.06. The van der Waals surface area contributed by atoms with Crippen LogP contribution in [-0.4, -0.2) is 38.0 Å². The summed E-state index contributed by atoms with van der Waals surface area (Å²) in [7, 11) is 1.42. The minimum absolute atomic E-state index is 0.00337. The number of carbonyl (C=O) groups excluding carboxylic acids is 3. The standard InChI is InChI=1S/C18H14Cl4N2O5/c1-28-12-5-3-2-4-9(12)18(27)23-7-14(26)29-8-13(25)24-17-15(21)10(19)6-11(20)16(17)22/h2-6H,7-8H2,1H3,(H,23,27)(H,24,25). The third kappa shape index (κ3) is 6.14. The highest BCUT2D eigenvalue weighted by atomic mass is 35.5. The van der Waals surface area contributed by atoms with E-state index in [1.807, 2.05) is 0 Å². The molecule has 0 bridgehead atoms. The highest BCUT2D eigenvalue weighted by Crippen LogP contribution is 2.40. The number of methoxy groups -OCH3 is 1. The van der Waals surface area contributed by atoms with Gasteiger partial charge >= 0.3 is 5.97 Å². The Balaban J connectivity index is 1.87. The second-order valence-corrected chi connectivity index (χ2v) is 7.01. The first-order chi connectivity index (χ1) is 13.7. The van der Waals surface area contributed by atoms with E-state index in [0.717, 1.165) is 0 Å². The second-order valence-electron chi connectivity index (χ2n) is 5.43. The van der Waals surface area contributed by atoms with Gasteiger partial charge in [-0.05, 0) is 18.2 Å². The summed E-state index contributed by atoms with van der Waals surface area (Å²) in [5.41, 5.74) is 0.249. The molecule has 2 aromatic carbocycles. The molecule has 11 heteroatoms. The normalized spacial score (nSPS) is 10.2. The van der Waals surface area contributed by atoms with Gasteiger partial charge in [-0.2, -0.15) is 0 Å². The maximum atomic E-state index is 12.1. The predicted octanol–water partition coefficient (Wildman–Crippen LogP) is 4.22. The van der Waals surface area contributed by atoms with Crippen molar-refractivity contribution in [2.75, 3.05) is 25.6 Å². The van der Waals surface area contributed by atoms with Gasteiger partial charge in [-0.3, -0.25) is 14.4 Å². The van der Waals surface area contributed by atoms with Crippen molar-refractivity contribution >= 4 is 69.9 Å².